The van der Waals surface area contributed by atoms with E-state index in [1.54, 1.807) is 20.2 Å². The topological polar surface area (TPSA) is 66.6 Å². The number of hydrogen-bond acceptors (Lipinski definition) is 4. The van der Waals surface area contributed by atoms with Crippen LogP contribution in [0.5, 0.6) is 0 Å². The first-order chi connectivity index (χ1) is 8.37. The van der Waals surface area contributed by atoms with Crippen LogP contribution in [0.2, 0.25) is 4.34 Å². The molecule has 2 N–H and O–H groups in total. The molecule has 0 bridgehead atoms. The van der Waals surface area contributed by atoms with Gasteiger partial charge in [0.2, 0.25) is 0 Å². The van der Waals surface area contributed by atoms with Crippen molar-refractivity contribution >= 4 is 33.1 Å². The predicted molar refractivity (Wildman–Crippen MR) is 76.0 cm³/mol. The van der Waals surface area contributed by atoms with Gasteiger partial charge < -0.3 is 5.73 Å². The number of nitrogens with zero attached hydrogens (tertiary/aromatic N) is 2. The molecule has 0 atom stereocenters. The highest BCUT2D eigenvalue weighted by atomic mass is 35.5. The number of hydrogen-bond donors (Lipinski definition) is 1. The predicted octanol–water partition coefficient (Wildman–Crippen LogP) is 1.36. The van der Waals surface area contributed by atoms with Gasteiger partial charge in [0.15, 0.2) is 0 Å². The van der Waals surface area contributed by atoms with E-state index in [4.69, 9.17) is 17.3 Å². The smallest absolute Gasteiger partial charge is 0.281 e. The SMILES string of the molecule is CN(CCCN)S(=O)(=O)N(C)Cc1ccc(Cl)s1. The Morgan fingerprint density at radius 1 is 1.33 bits per heavy atom. The zero-order chi connectivity index (χ0) is 13.8. The van der Waals surface area contributed by atoms with Gasteiger partial charge in [-0.3, -0.25) is 0 Å². The molecular formula is C10H18ClN3O2S2. The molecule has 18 heavy (non-hydrogen) atoms. The van der Waals surface area contributed by atoms with Crippen LogP contribution < -0.4 is 5.73 Å². The van der Waals surface area contributed by atoms with Gasteiger partial charge in [0.1, 0.15) is 0 Å². The Hall–Kier alpha value is -0.180. The maximum Gasteiger partial charge on any atom is 0.281 e. The molecule has 1 aromatic heterocycles. The summed E-state index contributed by atoms with van der Waals surface area (Å²) < 4.78 is 27.5. The summed E-state index contributed by atoms with van der Waals surface area (Å²) in [4.78, 5) is 0.915. The van der Waals surface area contributed by atoms with Crippen molar-refractivity contribution in [3.8, 4) is 0 Å². The average Bonchev–Trinajstić information content (AvgIpc) is 2.71. The summed E-state index contributed by atoms with van der Waals surface area (Å²) in [5, 5.41) is 0. The van der Waals surface area contributed by atoms with Gasteiger partial charge in [0.25, 0.3) is 10.2 Å². The van der Waals surface area contributed by atoms with Crippen LogP contribution in [0.25, 0.3) is 0 Å². The standard InChI is InChI=1S/C10H18ClN3O2S2/c1-13(7-3-6-12)18(15,16)14(2)8-9-4-5-10(11)17-9/h4-5H,3,6-8,12H2,1-2H3. The first kappa shape index (κ1) is 15.9. The summed E-state index contributed by atoms with van der Waals surface area (Å²) in [7, 11) is -0.310. The van der Waals surface area contributed by atoms with Gasteiger partial charge in [-0.2, -0.15) is 17.0 Å². The molecular weight excluding hydrogens is 294 g/mol. The lowest BCUT2D eigenvalue weighted by molar-refractivity contribution is 0.388. The van der Waals surface area contributed by atoms with Crippen molar-refractivity contribution in [3.05, 3.63) is 21.3 Å². The second-order valence-corrected chi connectivity index (χ2v) is 7.88. The van der Waals surface area contributed by atoms with Crippen molar-refractivity contribution in [2.45, 2.75) is 13.0 Å². The fourth-order valence-corrected chi connectivity index (χ4v) is 3.77. The molecule has 8 heteroatoms. The van der Waals surface area contributed by atoms with Crippen LogP contribution in [0.1, 0.15) is 11.3 Å². The molecule has 0 radical (unpaired) electrons. The molecule has 1 aromatic rings. The number of nitrogens with two attached hydrogens (primary N) is 1. The molecule has 0 spiro atoms. The Bertz CT molecular complexity index is 475. The minimum absolute atomic E-state index is 0.326. The Kier molecular flexibility index (Phi) is 6.03. The largest absolute Gasteiger partial charge is 0.330 e. The second-order valence-electron chi connectivity index (χ2n) is 3.93. The quantitative estimate of drug-likeness (QED) is 0.827. The van der Waals surface area contributed by atoms with Gasteiger partial charge in [-0.1, -0.05) is 11.6 Å². The minimum atomic E-state index is -3.43. The Balaban J connectivity index is 2.66. The fraction of sp³-hybridized carbons (Fsp3) is 0.600. The third-order valence-corrected chi connectivity index (χ3v) is 5.58. The molecule has 1 heterocycles. The zero-order valence-corrected chi connectivity index (χ0v) is 12.9. The Labute approximate surface area is 117 Å². The molecule has 0 aliphatic carbocycles. The Morgan fingerprint density at radius 3 is 2.50 bits per heavy atom. The van der Waals surface area contributed by atoms with Gasteiger partial charge in [-0.15, -0.1) is 11.3 Å². The maximum absolute atomic E-state index is 12.1. The molecule has 5 nitrogen and oxygen atoms in total. The molecule has 104 valence electrons. The van der Waals surface area contributed by atoms with Crippen LogP contribution in [-0.2, 0) is 16.8 Å². The molecule has 1 rings (SSSR count). The molecule has 0 amide bonds. The normalized spacial score (nSPS) is 12.6. The monoisotopic (exact) mass is 311 g/mol. The minimum Gasteiger partial charge on any atom is -0.330 e. The van der Waals surface area contributed by atoms with Crippen molar-refractivity contribution in [3.63, 3.8) is 0 Å². The maximum atomic E-state index is 12.1. The van der Waals surface area contributed by atoms with E-state index in [0.717, 1.165) is 4.88 Å². The van der Waals surface area contributed by atoms with Crippen LogP contribution in [0, 0.1) is 0 Å². The van der Waals surface area contributed by atoms with E-state index in [1.165, 1.54) is 19.9 Å². The van der Waals surface area contributed by atoms with Crippen LogP contribution in [0.3, 0.4) is 0 Å². The third kappa shape index (κ3) is 4.18. The highest BCUT2D eigenvalue weighted by Gasteiger charge is 2.23. The molecule has 0 aliphatic rings. The second kappa shape index (κ2) is 6.83. The molecule has 0 fully saturated rings. The first-order valence-electron chi connectivity index (χ1n) is 5.50. The third-order valence-electron chi connectivity index (χ3n) is 2.47. The molecule has 0 aliphatic heterocycles. The van der Waals surface area contributed by atoms with E-state index >= 15 is 0 Å². The number of halogens is 1. The van der Waals surface area contributed by atoms with E-state index in [2.05, 4.69) is 0 Å². The van der Waals surface area contributed by atoms with Crippen LogP contribution in [-0.4, -0.2) is 44.2 Å². The van der Waals surface area contributed by atoms with Crippen molar-refractivity contribution in [2.24, 2.45) is 5.73 Å². The van der Waals surface area contributed by atoms with Crippen molar-refractivity contribution in [1.29, 1.82) is 0 Å². The highest BCUT2D eigenvalue weighted by Crippen LogP contribution is 2.23. The van der Waals surface area contributed by atoms with Gasteiger partial charge in [0, 0.05) is 32.1 Å². The molecule has 0 saturated carbocycles. The Morgan fingerprint density at radius 2 is 2.00 bits per heavy atom. The van der Waals surface area contributed by atoms with E-state index < -0.39 is 10.2 Å². The number of thiophene rings is 1. The summed E-state index contributed by atoms with van der Waals surface area (Å²) >= 11 is 7.20. The lowest BCUT2D eigenvalue weighted by atomic mass is 10.4. The first-order valence-corrected chi connectivity index (χ1v) is 8.09. The van der Waals surface area contributed by atoms with Crippen LogP contribution in [0.15, 0.2) is 12.1 Å². The average molecular weight is 312 g/mol. The summed E-state index contributed by atoms with van der Waals surface area (Å²) in [6.07, 6.45) is 0.647. The summed E-state index contributed by atoms with van der Waals surface area (Å²) in [5.74, 6) is 0. The van der Waals surface area contributed by atoms with E-state index in [0.29, 0.717) is 30.4 Å². The van der Waals surface area contributed by atoms with Gasteiger partial charge in [-0.25, -0.2) is 0 Å². The van der Waals surface area contributed by atoms with Crippen molar-refractivity contribution in [2.75, 3.05) is 27.2 Å². The summed E-state index contributed by atoms with van der Waals surface area (Å²) in [6.45, 7) is 1.23. The number of rotatable bonds is 7. The van der Waals surface area contributed by atoms with Crippen molar-refractivity contribution in [1.82, 2.24) is 8.61 Å². The van der Waals surface area contributed by atoms with Crippen LogP contribution >= 0.6 is 22.9 Å². The molecule has 0 saturated heterocycles. The summed E-state index contributed by atoms with van der Waals surface area (Å²) in [5.41, 5.74) is 5.37. The van der Waals surface area contributed by atoms with Crippen molar-refractivity contribution < 1.29 is 8.42 Å². The molecule has 0 aromatic carbocycles. The lowest BCUT2D eigenvalue weighted by Crippen LogP contribution is -2.39. The highest BCUT2D eigenvalue weighted by molar-refractivity contribution is 7.86. The van der Waals surface area contributed by atoms with Gasteiger partial charge in [-0.05, 0) is 25.1 Å². The van der Waals surface area contributed by atoms with Gasteiger partial charge in [0.05, 0.1) is 4.34 Å². The lowest BCUT2D eigenvalue weighted by Gasteiger charge is -2.23. The van der Waals surface area contributed by atoms with Gasteiger partial charge >= 0.3 is 0 Å². The zero-order valence-electron chi connectivity index (χ0n) is 10.5. The van der Waals surface area contributed by atoms with Crippen LogP contribution in [0.4, 0.5) is 0 Å². The molecule has 0 unspecified atom stereocenters. The van der Waals surface area contributed by atoms with E-state index in [1.807, 2.05) is 6.07 Å². The summed E-state index contributed by atoms with van der Waals surface area (Å²) in [6, 6.07) is 3.60. The fourth-order valence-electron chi connectivity index (χ4n) is 1.41. The van der Waals surface area contributed by atoms with E-state index in [-0.39, 0.29) is 0 Å². The van der Waals surface area contributed by atoms with E-state index in [9.17, 15) is 8.42 Å².